The molecule has 62 valence electrons. The first kappa shape index (κ1) is 8.93. The van der Waals surface area contributed by atoms with Crippen LogP contribution in [0.2, 0.25) is 0 Å². The zero-order valence-corrected chi connectivity index (χ0v) is 7.69. The lowest BCUT2D eigenvalue weighted by Crippen LogP contribution is -1.86. The van der Waals surface area contributed by atoms with E-state index >= 15 is 0 Å². The molecule has 0 amide bonds. The van der Waals surface area contributed by atoms with Crippen molar-refractivity contribution < 1.29 is 4.92 Å². The van der Waals surface area contributed by atoms with Crippen LogP contribution in [0.25, 0.3) is 6.08 Å². The molecule has 1 aromatic rings. The molecule has 0 heterocycles. The number of rotatable bonds is 2. The van der Waals surface area contributed by atoms with E-state index in [1.165, 1.54) is 12.1 Å². The highest BCUT2D eigenvalue weighted by Gasteiger charge is 2.01. The second kappa shape index (κ2) is 4.01. The molecule has 1 aromatic carbocycles. The Kier molecular flexibility index (Phi) is 2.99. The van der Waals surface area contributed by atoms with Crippen LogP contribution in [0.4, 0.5) is 5.69 Å². The molecule has 0 aliphatic heterocycles. The van der Waals surface area contributed by atoms with Crippen molar-refractivity contribution in [2.75, 3.05) is 0 Å². The van der Waals surface area contributed by atoms with Crippen LogP contribution < -0.4 is 0 Å². The molecule has 0 spiro atoms. The predicted molar refractivity (Wildman–Crippen MR) is 51.1 cm³/mol. The molecule has 3 nitrogen and oxygen atoms in total. The van der Waals surface area contributed by atoms with E-state index in [0.29, 0.717) is 0 Å². The zero-order chi connectivity index (χ0) is 8.97. The van der Waals surface area contributed by atoms with E-state index in [1.54, 1.807) is 17.1 Å². The van der Waals surface area contributed by atoms with Gasteiger partial charge >= 0.3 is 0 Å². The molecule has 0 atom stereocenters. The highest BCUT2D eigenvalue weighted by atomic mass is 79.9. The van der Waals surface area contributed by atoms with Crippen LogP contribution in [-0.4, -0.2) is 4.92 Å². The van der Waals surface area contributed by atoms with E-state index in [2.05, 4.69) is 15.9 Å². The molecule has 0 fully saturated rings. The monoisotopic (exact) mass is 227 g/mol. The van der Waals surface area contributed by atoms with E-state index in [0.717, 1.165) is 5.56 Å². The number of nitro benzene ring substituents is 1. The summed E-state index contributed by atoms with van der Waals surface area (Å²) in [6.07, 6.45) is 1.81. The minimum Gasteiger partial charge on any atom is -0.258 e. The molecular weight excluding hydrogens is 222 g/mol. The first-order chi connectivity index (χ1) is 5.74. The third-order valence-electron chi connectivity index (χ3n) is 1.36. The van der Waals surface area contributed by atoms with Gasteiger partial charge in [0.2, 0.25) is 0 Å². The van der Waals surface area contributed by atoms with Gasteiger partial charge in [0, 0.05) is 12.1 Å². The van der Waals surface area contributed by atoms with Gasteiger partial charge in [-0.15, -0.1) is 0 Å². The highest BCUT2D eigenvalue weighted by Crippen LogP contribution is 2.12. The van der Waals surface area contributed by atoms with Crippen LogP contribution >= 0.6 is 15.9 Å². The Balaban J connectivity index is 2.93. The zero-order valence-electron chi connectivity index (χ0n) is 6.11. The number of nitro groups is 1. The lowest BCUT2D eigenvalue weighted by Gasteiger charge is -1.91. The summed E-state index contributed by atoms with van der Waals surface area (Å²) < 4.78 is 0. The number of hydrogen-bond acceptors (Lipinski definition) is 2. The molecule has 0 aliphatic carbocycles. The molecule has 0 saturated carbocycles. The largest absolute Gasteiger partial charge is 0.269 e. The van der Waals surface area contributed by atoms with Crippen LogP contribution in [0.5, 0.6) is 0 Å². The summed E-state index contributed by atoms with van der Waals surface area (Å²) in [6.45, 7) is 0. The van der Waals surface area contributed by atoms with E-state index in [-0.39, 0.29) is 5.69 Å². The topological polar surface area (TPSA) is 43.1 Å². The maximum absolute atomic E-state index is 10.2. The highest BCUT2D eigenvalue weighted by molar-refractivity contribution is 9.11. The lowest BCUT2D eigenvalue weighted by molar-refractivity contribution is -0.384. The van der Waals surface area contributed by atoms with E-state index in [4.69, 9.17) is 0 Å². The molecule has 0 bridgehead atoms. The summed E-state index contributed by atoms with van der Waals surface area (Å²) in [4.78, 5) is 11.5. The van der Waals surface area contributed by atoms with Crippen molar-refractivity contribution in [3.05, 3.63) is 44.9 Å². The van der Waals surface area contributed by atoms with Crippen molar-refractivity contribution in [1.82, 2.24) is 0 Å². The van der Waals surface area contributed by atoms with E-state index in [1.807, 2.05) is 6.08 Å². The average molecular weight is 228 g/mol. The summed E-state index contributed by atoms with van der Waals surface area (Å²) in [5.74, 6) is 0. The summed E-state index contributed by atoms with van der Waals surface area (Å²) in [6, 6.07) is 6.33. The quantitative estimate of drug-likeness (QED) is 0.576. The summed E-state index contributed by atoms with van der Waals surface area (Å²) in [7, 11) is 0. The summed E-state index contributed by atoms with van der Waals surface area (Å²) in [5.41, 5.74) is 1.04. The fourth-order valence-electron chi connectivity index (χ4n) is 0.780. The smallest absolute Gasteiger partial charge is 0.258 e. The molecule has 0 aliphatic rings. The fourth-order valence-corrected chi connectivity index (χ4v) is 1.09. The Hall–Kier alpha value is -1.16. The summed E-state index contributed by atoms with van der Waals surface area (Å²) >= 11 is 3.12. The Morgan fingerprint density at radius 3 is 2.33 bits per heavy atom. The molecule has 0 saturated heterocycles. The number of halogens is 1. The molecule has 0 radical (unpaired) electrons. The van der Waals surface area contributed by atoms with Gasteiger partial charge in [-0.25, -0.2) is 0 Å². The molecule has 0 N–H and O–H groups in total. The van der Waals surface area contributed by atoms with Gasteiger partial charge in [0.1, 0.15) is 0 Å². The maximum atomic E-state index is 10.2. The molecular formula is C8H6BrNO2. The third kappa shape index (κ3) is 2.17. The summed E-state index contributed by atoms with van der Waals surface area (Å²) in [5, 5.41) is 10.2. The Morgan fingerprint density at radius 2 is 1.92 bits per heavy atom. The fraction of sp³-hybridized carbons (Fsp3) is 0. The number of benzene rings is 1. The Bertz CT molecular complexity index is 305. The van der Waals surface area contributed by atoms with Gasteiger partial charge in [0.25, 0.3) is 5.69 Å². The van der Waals surface area contributed by atoms with Crippen molar-refractivity contribution in [1.29, 1.82) is 0 Å². The number of nitrogens with zero attached hydrogens (tertiary/aromatic N) is 1. The molecule has 4 heteroatoms. The van der Waals surface area contributed by atoms with Crippen molar-refractivity contribution in [3.8, 4) is 0 Å². The molecule has 12 heavy (non-hydrogen) atoms. The van der Waals surface area contributed by atoms with Gasteiger partial charge in [0.15, 0.2) is 0 Å². The van der Waals surface area contributed by atoms with Crippen molar-refractivity contribution in [2.45, 2.75) is 0 Å². The normalized spacial score (nSPS) is 10.4. The third-order valence-corrected chi connectivity index (χ3v) is 1.62. The van der Waals surface area contributed by atoms with Crippen LogP contribution in [0, 0.1) is 10.1 Å². The van der Waals surface area contributed by atoms with Gasteiger partial charge in [0.05, 0.1) is 4.92 Å². The van der Waals surface area contributed by atoms with E-state index < -0.39 is 4.92 Å². The van der Waals surface area contributed by atoms with Gasteiger partial charge in [-0.05, 0) is 28.8 Å². The van der Waals surface area contributed by atoms with E-state index in [9.17, 15) is 10.1 Å². The molecule has 1 rings (SSSR count). The van der Waals surface area contributed by atoms with Crippen molar-refractivity contribution >= 4 is 27.7 Å². The molecule has 0 aromatic heterocycles. The SMILES string of the molecule is O=[N+]([O-])c1ccc(/C=C/Br)cc1. The first-order valence-electron chi connectivity index (χ1n) is 3.25. The van der Waals surface area contributed by atoms with Crippen LogP contribution in [0.15, 0.2) is 29.3 Å². The van der Waals surface area contributed by atoms with Crippen LogP contribution in [0.1, 0.15) is 5.56 Å². The minimum absolute atomic E-state index is 0.113. The minimum atomic E-state index is -0.415. The van der Waals surface area contributed by atoms with Crippen molar-refractivity contribution in [3.63, 3.8) is 0 Å². The Morgan fingerprint density at radius 1 is 1.33 bits per heavy atom. The van der Waals surface area contributed by atoms with Gasteiger partial charge in [-0.3, -0.25) is 10.1 Å². The van der Waals surface area contributed by atoms with Gasteiger partial charge in [-0.2, -0.15) is 0 Å². The standard InChI is InChI=1S/C8H6BrNO2/c9-6-5-7-1-3-8(4-2-7)10(11)12/h1-6H/b6-5+. The van der Waals surface area contributed by atoms with Gasteiger partial charge < -0.3 is 0 Å². The predicted octanol–water partition coefficient (Wildman–Crippen LogP) is 2.96. The second-order valence-corrected chi connectivity index (χ2v) is 2.67. The van der Waals surface area contributed by atoms with Crippen LogP contribution in [-0.2, 0) is 0 Å². The van der Waals surface area contributed by atoms with Crippen LogP contribution in [0.3, 0.4) is 0 Å². The maximum Gasteiger partial charge on any atom is 0.269 e. The molecule has 0 unspecified atom stereocenters. The second-order valence-electron chi connectivity index (χ2n) is 2.14. The first-order valence-corrected chi connectivity index (χ1v) is 4.17. The Labute approximate surface area is 78.0 Å². The lowest BCUT2D eigenvalue weighted by atomic mass is 10.2. The number of non-ortho nitro benzene ring substituents is 1. The van der Waals surface area contributed by atoms with Gasteiger partial charge in [-0.1, -0.05) is 15.9 Å². The van der Waals surface area contributed by atoms with Crippen molar-refractivity contribution in [2.24, 2.45) is 0 Å². The number of hydrogen-bond donors (Lipinski definition) is 0. The average Bonchev–Trinajstić information content (AvgIpc) is 2.06.